The molecule has 0 unspecified atom stereocenters. The highest BCUT2D eigenvalue weighted by molar-refractivity contribution is 9.10. The normalized spacial score (nSPS) is 16.4. The van der Waals surface area contributed by atoms with Gasteiger partial charge in [-0.15, -0.1) is 0 Å². The van der Waals surface area contributed by atoms with Gasteiger partial charge >= 0.3 is 5.97 Å². The third-order valence-corrected chi connectivity index (χ3v) is 6.26. The van der Waals surface area contributed by atoms with Gasteiger partial charge < -0.3 is 10.4 Å². The smallest absolute Gasteiger partial charge is 0.329 e. The molecule has 1 saturated carbocycles. The van der Waals surface area contributed by atoms with E-state index in [4.69, 9.17) is 5.11 Å². The Morgan fingerprint density at radius 3 is 2.32 bits per heavy atom. The van der Waals surface area contributed by atoms with Crippen molar-refractivity contribution in [3.05, 3.63) is 28.2 Å². The maximum Gasteiger partial charge on any atom is 0.329 e. The molecule has 1 fully saturated rings. The van der Waals surface area contributed by atoms with Gasteiger partial charge in [0.15, 0.2) is 0 Å². The van der Waals surface area contributed by atoms with Crippen LogP contribution < -0.4 is 5.32 Å². The molecule has 1 aromatic carbocycles. The minimum atomic E-state index is -3.63. The largest absolute Gasteiger partial charge is 0.480 e. The standard InChI is InChI=1S/C13H15BrN2O5S/c1-16(2)22(20,21)10-4-3-8(7-9(10)14)11(17)15-13(5-6-13)12(18)19/h3-4,7H,5-6H2,1-2H3,(H,15,17)(H,18,19). The molecular formula is C13H15BrN2O5S. The number of benzene rings is 1. The van der Waals surface area contributed by atoms with Gasteiger partial charge in [-0.05, 0) is 47.0 Å². The Morgan fingerprint density at radius 2 is 1.91 bits per heavy atom. The van der Waals surface area contributed by atoms with Gasteiger partial charge in [-0.1, -0.05) is 0 Å². The molecule has 1 amide bonds. The summed E-state index contributed by atoms with van der Waals surface area (Å²) >= 11 is 3.14. The molecule has 7 nitrogen and oxygen atoms in total. The average molecular weight is 391 g/mol. The van der Waals surface area contributed by atoms with Crippen LogP contribution in [0.5, 0.6) is 0 Å². The monoisotopic (exact) mass is 390 g/mol. The molecule has 2 N–H and O–H groups in total. The fourth-order valence-corrected chi connectivity index (χ4v) is 3.79. The van der Waals surface area contributed by atoms with Crippen molar-refractivity contribution in [2.75, 3.05) is 14.1 Å². The zero-order valence-corrected chi connectivity index (χ0v) is 14.4. The predicted molar refractivity (Wildman–Crippen MR) is 82.1 cm³/mol. The topological polar surface area (TPSA) is 104 Å². The van der Waals surface area contributed by atoms with Gasteiger partial charge in [0, 0.05) is 24.1 Å². The maximum atomic E-state index is 12.1. The average Bonchev–Trinajstić information content (AvgIpc) is 3.19. The highest BCUT2D eigenvalue weighted by Crippen LogP contribution is 2.36. The van der Waals surface area contributed by atoms with Gasteiger partial charge in [-0.3, -0.25) is 4.79 Å². The summed E-state index contributed by atoms with van der Waals surface area (Å²) in [5.74, 6) is -1.61. The van der Waals surface area contributed by atoms with Crippen LogP contribution in [-0.2, 0) is 14.8 Å². The molecule has 0 atom stereocenters. The Morgan fingerprint density at radius 1 is 1.32 bits per heavy atom. The summed E-state index contributed by atoms with van der Waals surface area (Å²) in [6.07, 6.45) is 0.782. The van der Waals surface area contributed by atoms with Crippen LogP contribution in [0.3, 0.4) is 0 Å². The second kappa shape index (κ2) is 5.64. The van der Waals surface area contributed by atoms with Crippen LogP contribution in [0.25, 0.3) is 0 Å². The number of halogens is 1. The van der Waals surface area contributed by atoms with E-state index in [0.717, 1.165) is 4.31 Å². The Balaban J connectivity index is 2.27. The first-order chi connectivity index (χ1) is 10.1. The third kappa shape index (κ3) is 3.01. The van der Waals surface area contributed by atoms with Crippen LogP contribution in [0.15, 0.2) is 27.6 Å². The number of aliphatic carboxylic acids is 1. The fraction of sp³-hybridized carbons (Fsp3) is 0.385. The summed E-state index contributed by atoms with van der Waals surface area (Å²) in [6, 6.07) is 4.03. The molecular weight excluding hydrogens is 376 g/mol. The number of amides is 1. The molecule has 1 aromatic rings. The molecule has 0 bridgehead atoms. The van der Waals surface area contributed by atoms with Crippen LogP contribution in [0, 0.1) is 0 Å². The number of sulfonamides is 1. The van der Waals surface area contributed by atoms with Crippen molar-refractivity contribution in [3.8, 4) is 0 Å². The van der Waals surface area contributed by atoms with Gasteiger partial charge in [0.25, 0.3) is 5.91 Å². The summed E-state index contributed by atoms with van der Waals surface area (Å²) in [5, 5.41) is 11.5. The second-order valence-corrected chi connectivity index (χ2v) is 8.25. The van der Waals surface area contributed by atoms with Crippen molar-refractivity contribution in [3.63, 3.8) is 0 Å². The molecule has 0 aromatic heterocycles. The highest BCUT2D eigenvalue weighted by atomic mass is 79.9. The van der Waals surface area contributed by atoms with Crippen LogP contribution in [0.2, 0.25) is 0 Å². The van der Waals surface area contributed by atoms with Crippen molar-refractivity contribution in [1.82, 2.24) is 9.62 Å². The van der Waals surface area contributed by atoms with E-state index in [1.807, 2.05) is 0 Å². The van der Waals surface area contributed by atoms with E-state index in [1.165, 1.54) is 32.3 Å². The van der Waals surface area contributed by atoms with Gasteiger partial charge in [-0.25, -0.2) is 17.5 Å². The zero-order chi connectivity index (χ0) is 16.7. The lowest BCUT2D eigenvalue weighted by Gasteiger charge is -2.15. The van der Waals surface area contributed by atoms with E-state index in [1.54, 1.807) is 0 Å². The van der Waals surface area contributed by atoms with E-state index >= 15 is 0 Å². The Hall–Kier alpha value is -1.45. The van der Waals surface area contributed by atoms with Crippen LogP contribution in [0.4, 0.5) is 0 Å². The van der Waals surface area contributed by atoms with Crippen LogP contribution >= 0.6 is 15.9 Å². The maximum absolute atomic E-state index is 12.1. The van der Waals surface area contributed by atoms with Crippen molar-refractivity contribution < 1.29 is 23.1 Å². The summed E-state index contributed by atoms with van der Waals surface area (Å²) in [7, 11) is -0.808. The van der Waals surface area contributed by atoms with Crippen molar-refractivity contribution in [2.45, 2.75) is 23.3 Å². The molecule has 0 radical (unpaired) electrons. The summed E-state index contributed by atoms with van der Waals surface area (Å²) in [4.78, 5) is 23.2. The summed E-state index contributed by atoms with van der Waals surface area (Å²) < 4.78 is 25.5. The number of carboxylic acids is 1. The van der Waals surface area contributed by atoms with Gasteiger partial charge in [0.05, 0.1) is 4.90 Å². The first-order valence-corrected chi connectivity index (χ1v) is 8.61. The van der Waals surface area contributed by atoms with Crippen molar-refractivity contribution in [1.29, 1.82) is 0 Å². The van der Waals surface area contributed by atoms with E-state index in [2.05, 4.69) is 21.2 Å². The lowest BCUT2D eigenvalue weighted by atomic mass is 10.2. The fourth-order valence-electron chi connectivity index (χ4n) is 1.85. The van der Waals surface area contributed by atoms with Crippen LogP contribution in [0.1, 0.15) is 23.2 Å². The molecule has 1 aliphatic carbocycles. The molecule has 0 spiro atoms. The summed E-state index contributed by atoms with van der Waals surface area (Å²) in [6.45, 7) is 0. The van der Waals surface area contributed by atoms with Crippen molar-refractivity contribution in [2.24, 2.45) is 0 Å². The lowest BCUT2D eigenvalue weighted by Crippen LogP contribution is -2.43. The molecule has 0 saturated heterocycles. The van der Waals surface area contributed by atoms with Crippen molar-refractivity contribution >= 4 is 37.8 Å². The minimum Gasteiger partial charge on any atom is -0.480 e. The minimum absolute atomic E-state index is 0.0356. The molecule has 22 heavy (non-hydrogen) atoms. The van der Waals surface area contributed by atoms with Crippen LogP contribution in [-0.4, -0.2) is 49.3 Å². The van der Waals surface area contributed by atoms with Gasteiger partial charge in [0.1, 0.15) is 5.54 Å². The number of nitrogens with one attached hydrogen (secondary N) is 1. The number of rotatable bonds is 5. The Bertz CT molecular complexity index is 741. The van der Waals surface area contributed by atoms with E-state index in [-0.39, 0.29) is 14.9 Å². The first kappa shape index (κ1) is 16.9. The number of carbonyl (C=O) groups excluding carboxylic acids is 1. The molecule has 1 aliphatic rings. The molecule has 9 heteroatoms. The van der Waals surface area contributed by atoms with E-state index in [0.29, 0.717) is 12.8 Å². The second-order valence-electron chi connectivity index (χ2n) is 5.27. The third-order valence-electron chi connectivity index (χ3n) is 3.46. The SMILES string of the molecule is CN(C)S(=O)(=O)c1ccc(C(=O)NC2(C(=O)O)CC2)cc1Br. The van der Waals surface area contributed by atoms with E-state index in [9.17, 15) is 18.0 Å². The van der Waals surface area contributed by atoms with Gasteiger partial charge in [0.2, 0.25) is 10.0 Å². The zero-order valence-electron chi connectivity index (χ0n) is 12.0. The lowest BCUT2D eigenvalue weighted by molar-refractivity contribution is -0.140. The number of hydrogen-bond donors (Lipinski definition) is 2. The first-order valence-electron chi connectivity index (χ1n) is 6.38. The molecule has 120 valence electrons. The highest BCUT2D eigenvalue weighted by Gasteiger charge is 2.51. The van der Waals surface area contributed by atoms with E-state index < -0.39 is 27.4 Å². The molecule has 0 heterocycles. The summed E-state index contributed by atoms with van der Waals surface area (Å²) in [5.41, 5.74) is -0.991. The molecule has 2 rings (SSSR count). The number of carboxylic acid groups (broad SMARTS) is 1. The molecule has 0 aliphatic heterocycles. The Kier molecular flexibility index (Phi) is 4.33. The predicted octanol–water partition coefficient (Wildman–Crippen LogP) is 1.05. The van der Waals surface area contributed by atoms with Gasteiger partial charge in [-0.2, -0.15) is 0 Å². The number of hydrogen-bond acceptors (Lipinski definition) is 4. The number of carbonyl (C=O) groups is 2. The number of nitrogens with zero attached hydrogens (tertiary/aromatic N) is 1. The quantitative estimate of drug-likeness (QED) is 0.781. The Labute approximate surface area is 136 Å².